The molecular weight excluding hydrogens is 240 g/mol. The minimum absolute atomic E-state index is 0.782. The number of hydrogen-bond donors (Lipinski definition) is 1. The summed E-state index contributed by atoms with van der Waals surface area (Å²) in [6, 6.07) is 6.09. The molecule has 0 bridgehead atoms. The van der Waals surface area contributed by atoms with Gasteiger partial charge in [-0.25, -0.2) is 0 Å². The van der Waals surface area contributed by atoms with Gasteiger partial charge in [-0.15, -0.1) is 0 Å². The van der Waals surface area contributed by atoms with E-state index < -0.39 is 0 Å². The van der Waals surface area contributed by atoms with Gasteiger partial charge in [0.25, 0.3) is 0 Å². The Hall–Kier alpha value is -1.42. The topological polar surface area (TPSA) is 33.7 Å². The zero-order valence-electron chi connectivity index (χ0n) is 12.1. The third kappa shape index (κ3) is 3.53. The lowest BCUT2D eigenvalue weighted by Gasteiger charge is -2.20. The molecule has 1 saturated heterocycles. The molecule has 0 amide bonds. The number of methoxy groups -OCH3 is 2. The van der Waals surface area contributed by atoms with Crippen LogP contribution in [0.4, 0.5) is 5.69 Å². The molecule has 0 spiro atoms. The van der Waals surface area contributed by atoms with Crippen molar-refractivity contribution in [2.75, 3.05) is 45.8 Å². The van der Waals surface area contributed by atoms with E-state index in [0.717, 1.165) is 37.1 Å². The van der Waals surface area contributed by atoms with E-state index >= 15 is 0 Å². The standard InChI is InChI=1S/C15H24N2O2/c1-16-6-4-12-5-7-17(11-12)13-8-14(18-2)10-15(9-13)19-3/h8-10,12,16H,4-7,11H2,1-3H3. The number of ether oxygens (including phenoxy) is 2. The zero-order chi connectivity index (χ0) is 13.7. The molecule has 1 atom stereocenters. The highest BCUT2D eigenvalue weighted by Gasteiger charge is 2.22. The number of anilines is 1. The van der Waals surface area contributed by atoms with Gasteiger partial charge in [-0.05, 0) is 32.4 Å². The largest absolute Gasteiger partial charge is 0.497 e. The molecule has 0 saturated carbocycles. The van der Waals surface area contributed by atoms with Crippen LogP contribution in [0.3, 0.4) is 0 Å². The first-order valence-corrected chi connectivity index (χ1v) is 6.89. The highest BCUT2D eigenvalue weighted by atomic mass is 16.5. The number of hydrogen-bond acceptors (Lipinski definition) is 4. The van der Waals surface area contributed by atoms with Gasteiger partial charge in [-0.1, -0.05) is 0 Å². The van der Waals surface area contributed by atoms with Gasteiger partial charge >= 0.3 is 0 Å². The Labute approximate surface area is 115 Å². The molecule has 1 aliphatic rings. The Kier molecular flexibility index (Phi) is 4.91. The van der Waals surface area contributed by atoms with Gasteiger partial charge in [-0.2, -0.15) is 0 Å². The van der Waals surface area contributed by atoms with Crippen LogP contribution in [-0.2, 0) is 0 Å². The average molecular weight is 264 g/mol. The van der Waals surface area contributed by atoms with Crippen LogP contribution in [0.1, 0.15) is 12.8 Å². The van der Waals surface area contributed by atoms with E-state index in [4.69, 9.17) is 9.47 Å². The quantitative estimate of drug-likeness (QED) is 0.853. The molecule has 1 aromatic carbocycles. The number of rotatable bonds is 6. The summed E-state index contributed by atoms with van der Waals surface area (Å²) in [5, 5.41) is 3.23. The molecule has 1 aliphatic heterocycles. The fourth-order valence-electron chi connectivity index (χ4n) is 2.63. The average Bonchev–Trinajstić information content (AvgIpc) is 2.93. The van der Waals surface area contributed by atoms with E-state index in [1.807, 2.05) is 13.1 Å². The van der Waals surface area contributed by atoms with Crippen molar-refractivity contribution in [1.82, 2.24) is 5.32 Å². The fraction of sp³-hybridized carbons (Fsp3) is 0.600. The number of nitrogens with zero attached hydrogens (tertiary/aromatic N) is 1. The molecule has 1 unspecified atom stereocenters. The molecule has 0 radical (unpaired) electrons. The highest BCUT2D eigenvalue weighted by Crippen LogP contribution is 2.32. The van der Waals surface area contributed by atoms with Crippen LogP contribution < -0.4 is 19.7 Å². The maximum absolute atomic E-state index is 5.33. The summed E-state index contributed by atoms with van der Waals surface area (Å²) in [5.74, 6) is 2.49. The van der Waals surface area contributed by atoms with E-state index in [2.05, 4.69) is 22.3 Å². The fourth-order valence-corrected chi connectivity index (χ4v) is 2.63. The normalized spacial score (nSPS) is 18.7. The zero-order valence-corrected chi connectivity index (χ0v) is 12.1. The summed E-state index contributed by atoms with van der Waals surface area (Å²) in [4.78, 5) is 2.42. The molecule has 1 N–H and O–H groups in total. The third-order valence-corrected chi connectivity index (χ3v) is 3.79. The van der Waals surface area contributed by atoms with Crippen molar-refractivity contribution in [3.63, 3.8) is 0 Å². The second kappa shape index (κ2) is 6.66. The molecule has 4 nitrogen and oxygen atoms in total. The minimum atomic E-state index is 0.782. The van der Waals surface area contributed by atoms with Crippen LogP contribution in [0, 0.1) is 5.92 Å². The molecule has 1 aromatic rings. The van der Waals surface area contributed by atoms with E-state index in [1.54, 1.807) is 14.2 Å². The molecule has 4 heteroatoms. The van der Waals surface area contributed by atoms with Gasteiger partial charge in [0.2, 0.25) is 0 Å². The summed E-state index contributed by atoms with van der Waals surface area (Å²) in [5.41, 5.74) is 1.20. The van der Waals surface area contributed by atoms with Crippen molar-refractivity contribution in [2.45, 2.75) is 12.8 Å². The third-order valence-electron chi connectivity index (χ3n) is 3.79. The van der Waals surface area contributed by atoms with Crippen molar-refractivity contribution in [2.24, 2.45) is 5.92 Å². The highest BCUT2D eigenvalue weighted by molar-refractivity contribution is 5.56. The number of benzene rings is 1. The Morgan fingerprint density at radius 2 is 1.89 bits per heavy atom. The van der Waals surface area contributed by atoms with Crippen LogP contribution in [0.5, 0.6) is 11.5 Å². The summed E-state index contributed by atoms with van der Waals surface area (Å²) < 4.78 is 10.7. The van der Waals surface area contributed by atoms with E-state index in [9.17, 15) is 0 Å². The lowest BCUT2D eigenvalue weighted by Crippen LogP contribution is -2.21. The van der Waals surface area contributed by atoms with Crippen molar-refractivity contribution in [3.05, 3.63) is 18.2 Å². The van der Waals surface area contributed by atoms with Crippen LogP contribution in [0.2, 0.25) is 0 Å². The SMILES string of the molecule is CNCCC1CCN(c2cc(OC)cc(OC)c2)C1. The van der Waals surface area contributed by atoms with Crippen LogP contribution in [-0.4, -0.2) is 40.9 Å². The molecule has 106 valence electrons. The molecule has 2 rings (SSSR count). The second-order valence-electron chi connectivity index (χ2n) is 5.06. The van der Waals surface area contributed by atoms with Gasteiger partial charge in [0.1, 0.15) is 11.5 Å². The Bertz CT molecular complexity index is 387. The molecule has 0 aliphatic carbocycles. The first-order valence-electron chi connectivity index (χ1n) is 6.89. The lowest BCUT2D eigenvalue weighted by atomic mass is 10.1. The molecular formula is C15H24N2O2. The molecule has 1 fully saturated rings. The summed E-state index contributed by atoms with van der Waals surface area (Å²) in [6.45, 7) is 3.34. The minimum Gasteiger partial charge on any atom is -0.497 e. The van der Waals surface area contributed by atoms with E-state index in [0.29, 0.717) is 0 Å². The van der Waals surface area contributed by atoms with Gasteiger partial charge < -0.3 is 19.7 Å². The van der Waals surface area contributed by atoms with Crippen LogP contribution >= 0.6 is 0 Å². The predicted molar refractivity (Wildman–Crippen MR) is 78.4 cm³/mol. The van der Waals surface area contributed by atoms with Gasteiger partial charge in [0, 0.05) is 37.0 Å². The van der Waals surface area contributed by atoms with Gasteiger partial charge in [0.15, 0.2) is 0 Å². The van der Waals surface area contributed by atoms with Crippen LogP contribution in [0.15, 0.2) is 18.2 Å². The Balaban J connectivity index is 2.05. The van der Waals surface area contributed by atoms with Gasteiger partial charge in [0.05, 0.1) is 14.2 Å². The lowest BCUT2D eigenvalue weighted by molar-refractivity contribution is 0.394. The second-order valence-corrected chi connectivity index (χ2v) is 5.06. The van der Waals surface area contributed by atoms with Crippen LogP contribution in [0.25, 0.3) is 0 Å². The van der Waals surface area contributed by atoms with Crippen molar-refractivity contribution in [1.29, 1.82) is 0 Å². The first-order chi connectivity index (χ1) is 9.26. The Morgan fingerprint density at radius 3 is 2.47 bits per heavy atom. The monoisotopic (exact) mass is 264 g/mol. The molecule has 1 heterocycles. The molecule has 19 heavy (non-hydrogen) atoms. The predicted octanol–water partition coefficient (Wildman–Crippen LogP) is 2.14. The Morgan fingerprint density at radius 1 is 1.21 bits per heavy atom. The molecule has 0 aromatic heterocycles. The summed E-state index contributed by atoms with van der Waals surface area (Å²) in [6.07, 6.45) is 2.51. The van der Waals surface area contributed by atoms with E-state index in [1.165, 1.54) is 18.5 Å². The van der Waals surface area contributed by atoms with Crippen molar-refractivity contribution < 1.29 is 9.47 Å². The summed E-state index contributed by atoms with van der Waals surface area (Å²) >= 11 is 0. The first kappa shape index (κ1) is 14.0. The van der Waals surface area contributed by atoms with Crippen molar-refractivity contribution in [3.8, 4) is 11.5 Å². The van der Waals surface area contributed by atoms with Gasteiger partial charge in [-0.3, -0.25) is 0 Å². The number of nitrogens with one attached hydrogen (secondary N) is 1. The summed E-state index contributed by atoms with van der Waals surface area (Å²) in [7, 11) is 5.40. The van der Waals surface area contributed by atoms with Crippen molar-refractivity contribution >= 4 is 5.69 Å². The van der Waals surface area contributed by atoms with E-state index in [-0.39, 0.29) is 0 Å². The smallest absolute Gasteiger partial charge is 0.124 e. The maximum atomic E-state index is 5.33. The maximum Gasteiger partial charge on any atom is 0.124 e.